The Hall–Kier alpha value is -1.60. The van der Waals surface area contributed by atoms with E-state index in [1.165, 1.54) is 45.3 Å². The molecule has 0 aromatic heterocycles. The fourth-order valence-corrected chi connectivity index (χ4v) is 7.11. The molecule has 4 aliphatic rings. The van der Waals surface area contributed by atoms with Crippen LogP contribution >= 0.6 is 0 Å². The molecule has 2 fully saturated rings. The molecule has 0 radical (unpaired) electrons. The van der Waals surface area contributed by atoms with Crippen molar-refractivity contribution in [2.24, 2.45) is 11.8 Å². The van der Waals surface area contributed by atoms with E-state index in [1.807, 2.05) is 0 Å². The van der Waals surface area contributed by atoms with Gasteiger partial charge in [-0.15, -0.1) is 0 Å². The third-order valence-corrected chi connectivity index (χ3v) is 8.33. The van der Waals surface area contributed by atoms with Crippen LogP contribution < -0.4 is 0 Å². The lowest BCUT2D eigenvalue weighted by molar-refractivity contribution is 0.235. The van der Waals surface area contributed by atoms with Crippen LogP contribution in [0.1, 0.15) is 66.7 Å². The van der Waals surface area contributed by atoms with Gasteiger partial charge in [-0.3, -0.25) is 0 Å². The van der Waals surface area contributed by atoms with Gasteiger partial charge in [0.05, 0.1) is 0 Å². The third-order valence-electron chi connectivity index (χ3n) is 8.33. The second-order valence-corrected chi connectivity index (χ2v) is 9.54. The van der Waals surface area contributed by atoms with Crippen molar-refractivity contribution in [1.29, 1.82) is 0 Å². The van der Waals surface area contributed by atoms with E-state index in [0.29, 0.717) is 17.3 Å². The zero-order valence-corrected chi connectivity index (χ0v) is 15.8. The maximum absolute atomic E-state index is 2.85. The summed E-state index contributed by atoms with van der Waals surface area (Å²) in [5, 5.41) is 0. The van der Waals surface area contributed by atoms with Gasteiger partial charge in [-0.25, -0.2) is 0 Å². The molecule has 1 spiro atoms. The summed E-state index contributed by atoms with van der Waals surface area (Å²) in [7, 11) is 0. The Morgan fingerprint density at radius 1 is 0.962 bits per heavy atom. The number of benzene rings is 2. The molecule has 2 aromatic carbocycles. The lowest BCUT2D eigenvalue weighted by atomic mass is 9.65. The number of hydrogen-bond donors (Lipinski definition) is 0. The summed E-state index contributed by atoms with van der Waals surface area (Å²) in [5.41, 5.74) is 6.94. The lowest BCUT2D eigenvalue weighted by Crippen LogP contribution is -2.35. The van der Waals surface area contributed by atoms with E-state index < -0.39 is 0 Å². The summed E-state index contributed by atoms with van der Waals surface area (Å²) in [6.45, 7) is 6.35. The molecule has 1 nitrogen and oxygen atoms in total. The van der Waals surface area contributed by atoms with Crippen molar-refractivity contribution in [2.45, 2.75) is 49.9 Å². The monoisotopic (exact) mass is 343 g/mol. The highest BCUT2D eigenvalue weighted by Crippen LogP contribution is 2.63. The van der Waals surface area contributed by atoms with Crippen LogP contribution in [0.3, 0.4) is 0 Å². The van der Waals surface area contributed by atoms with Crippen molar-refractivity contribution in [3.8, 4) is 0 Å². The lowest BCUT2D eigenvalue weighted by Gasteiger charge is -2.37. The highest BCUT2D eigenvalue weighted by Gasteiger charge is 2.58. The first kappa shape index (κ1) is 15.5. The van der Waals surface area contributed by atoms with Crippen molar-refractivity contribution in [1.82, 2.24) is 4.90 Å². The summed E-state index contributed by atoms with van der Waals surface area (Å²) in [5.74, 6) is 3.17. The topological polar surface area (TPSA) is 3.24 Å². The van der Waals surface area contributed by atoms with Crippen LogP contribution in [0, 0.1) is 11.8 Å². The molecule has 2 aromatic rings. The van der Waals surface area contributed by atoms with E-state index in [-0.39, 0.29) is 0 Å². The second-order valence-electron chi connectivity index (χ2n) is 9.54. The van der Waals surface area contributed by atoms with Crippen molar-refractivity contribution >= 4 is 0 Å². The molecule has 26 heavy (non-hydrogen) atoms. The summed E-state index contributed by atoms with van der Waals surface area (Å²) < 4.78 is 0. The molecule has 134 valence electrons. The highest BCUT2D eigenvalue weighted by atomic mass is 15.2. The minimum atomic E-state index is 0.372. The van der Waals surface area contributed by atoms with Gasteiger partial charge in [0.1, 0.15) is 0 Å². The molecule has 1 saturated heterocycles. The fraction of sp³-hybridized carbons (Fsp3) is 0.520. The predicted octanol–water partition coefficient (Wildman–Crippen LogP) is 5.31. The molecule has 0 amide bonds. The molecule has 5 unspecified atom stereocenters. The van der Waals surface area contributed by atoms with E-state index in [4.69, 9.17) is 0 Å². The smallest absolute Gasteiger partial charge is 0.0173 e. The third kappa shape index (κ3) is 1.96. The number of fused-ring (bicyclic) bond motifs is 3. The molecule has 2 bridgehead atoms. The standard InChI is InChI=1S/C25H29N/c1-17-7-6-8-18(17)14-26-15-24-20-10-3-2-9-19(20)22-13-25(24,16-26)23-12-5-4-11-21(22)23/h2-5,9-12,17-18,22,24H,6-8,13-16H2,1H3. The normalized spacial score (nSPS) is 37.4. The van der Waals surface area contributed by atoms with E-state index in [0.717, 1.165) is 11.8 Å². The number of rotatable bonds is 2. The van der Waals surface area contributed by atoms with Crippen LogP contribution in [0.15, 0.2) is 48.5 Å². The van der Waals surface area contributed by atoms with Gasteiger partial charge in [-0.1, -0.05) is 68.3 Å². The largest absolute Gasteiger partial charge is 0.302 e. The Balaban J connectivity index is 1.43. The van der Waals surface area contributed by atoms with Crippen LogP contribution in [0.25, 0.3) is 0 Å². The first-order chi connectivity index (χ1) is 12.8. The van der Waals surface area contributed by atoms with Crippen molar-refractivity contribution in [3.63, 3.8) is 0 Å². The van der Waals surface area contributed by atoms with Crippen LogP contribution in [0.2, 0.25) is 0 Å². The average molecular weight is 344 g/mol. The van der Waals surface area contributed by atoms with Crippen LogP contribution in [0.5, 0.6) is 0 Å². The Labute approximate surface area is 157 Å². The van der Waals surface area contributed by atoms with Crippen LogP contribution in [0.4, 0.5) is 0 Å². The number of hydrogen-bond acceptors (Lipinski definition) is 1. The van der Waals surface area contributed by atoms with Gasteiger partial charge in [0.25, 0.3) is 0 Å². The zero-order valence-electron chi connectivity index (χ0n) is 15.8. The number of likely N-dealkylation sites (tertiary alicyclic amines) is 1. The molecular weight excluding hydrogens is 314 g/mol. The maximum atomic E-state index is 2.85. The molecule has 1 heteroatoms. The van der Waals surface area contributed by atoms with Crippen molar-refractivity contribution in [2.75, 3.05) is 19.6 Å². The van der Waals surface area contributed by atoms with E-state index >= 15 is 0 Å². The first-order valence-corrected chi connectivity index (χ1v) is 10.7. The predicted molar refractivity (Wildman–Crippen MR) is 107 cm³/mol. The fourth-order valence-electron chi connectivity index (χ4n) is 7.11. The maximum Gasteiger partial charge on any atom is 0.0173 e. The van der Waals surface area contributed by atoms with Crippen molar-refractivity contribution in [3.05, 3.63) is 70.8 Å². The Morgan fingerprint density at radius 3 is 2.54 bits per heavy atom. The number of nitrogens with zero attached hydrogens (tertiary/aromatic N) is 1. The SMILES string of the molecule is CC1CCCC1CN1CC2c3ccccc3C3CC2(C1)c1ccccc13. The zero-order chi connectivity index (χ0) is 17.3. The van der Waals surface area contributed by atoms with E-state index in [1.54, 1.807) is 22.3 Å². The van der Waals surface area contributed by atoms with Crippen LogP contribution in [-0.4, -0.2) is 24.5 Å². The molecule has 1 aliphatic heterocycles. The molecule has 6 rings (SSSR count). The summed E-state index contributed by atoms with van der Waals surface area (Å²) in [6, 6.07) is 18.8. The second kappa shape index (κ2) is 5.45. The van der Waals surface area contributed by atoms with Crippen molar-refractivity contribution < 1.29 is 0 Å². The van der Waals surface area contributed by atoms with Gasteiger partial charge in [-0.05, 0) is 46.9 Å². The molecular formula is C25H29N. The molecule has 5 atom stereocenters. The summed E-state index contributed by atoms with van der Waals surface area (Å²) >= 11 is 0. The minimum absolute atomic E-state index is 0.372. The highest BCUT2D eigenvalue weighted by molar-refractivity contribution is 5.58. The summed E-state index contributed by atoms with van der Waals surface area (Å²) in [4.78, 5) is 2.85. The van der Waals surface area contributed by atoms with E-state index in [2.05, 4.69) is 60.4 Å². The van der Waals surface area contributed by atoms with Gasteiger partial charge in [0, 0.05) is 36.9 Å². The first-order valence-electron chi connectivity index (χ1n) is 10.7. The Morgan fingerprint density at radius 2 is 1.73 bits per heavy atom. The summed E-state index contributed by atoms with van der Waals surface area (Å²) in [6.07, 6.45) is 5.68. The molecule has 0 N–H and O–H groups in total. The van der Waals surface area contributed by atoms with Gasteiger partial charge >= 0.3 is 0 Å². The minimum Gasteiger partial charge on any atom is -0.302 e. The quantitative estimate of drug-likeness (QED) is 0.714. The van der Waals surface area contributed by atoms with Gasteiger partial charge in [-0.2, -0.15) is 0 Å². The molecule has 3 aliphatic carbocycles. The van der Waals surface area contributed by atoms with Crippen LogP contribution in [-0.2, 0) is 5.41 Å². The molecule has 1 heterocycles. The Kier molecular flexibility index (Phi) is 3.24. The molecule has 1 saturated carbocycles. The Bertz CT molecular complexity index is 844. The van der Waals surface area contributed by atoms with E-state index in [9.17, 15) is 0 Å². The average Bonchev–Trinajstić information content (AvgIpc) is 3.33. The van der Waals surface area contributed by atoms with Gasteiger partial charge < -0.3 is 4.90 Å². The van der Waals surface area contributed by atoms with Gasteiger partial charge in [0.2, 0.25) is 0 Å². The van der Waals surface area contributed by atoms with Gasteiger partial charge in [0.15, 0.2) is 0 Å².